The maximum atomic E-state index is 12.2. The summed E-state index contributed by atoms with van der Waals surface area (Å²) in [7, 11) is -3.99. The van der Waals surface area contributed by atoms with Crippen molar-refractivity contribution in [1.82, 2.24) is 25.0 Å². The van der Waals surface area contributed by atoms with Gasteiger partial charge < -0.3 is 19.5 Å². The molecule has 2 atom stereocenters. The first-order valence-corrected chi connectivity index (χ1v) is 14.9. The van der Waals surface area contributed by atoms with Gasteiger partial charge in [-0.1, -0.05) is 11.3 Å². The molecule has 3 N–H and O–H groups in total. The van der Waals surface area contributed by atoms with Crippen LogP contribution in [0.2, 0.25) is 0 Å². The summed E-state index contributed by atoms with van der Waals surface area (Å²) in [5.74, 6) is 0.546. The number of hydrogen-bond acceptors (Lipinski definition) is 10. The van der Waals surface area contributed by atoms with E-state index in [1.54, 1.807) is 23.0 Å². The second-order valence-electron chi connectivity index (χ2n) is 10.7. The van der Waals surface area contributed by atoms with Gasteiger partial charge in [0.2, 0.25) is 10.0 Å². The van der Waals surface area contributed by atoms with Gasteiger partial charge in [-0.05, 0) is 61.8 Å². The van der Waals surface area contributed by atoms with E-state index in [0.29, 0.717) is 48.0 Å². The maximum Gasteiger partial charge on any atom is 0.218 e. The van der Waals surface area contributed by atoms with Gasteiger partial charge in [-0.25, -0.2) is 28.2 Å². The molecule has 0 radical (unpaired) electrons. The number of hydrogen-bond donors (Lipinski definition) is 2. The van der Waals surface area contributed by atoms with E-state index in [4.69, 9.17) is 19.6 Å². The zero-order valence-electron chi connectivity index (χ0n) is 21.9. The van der Waals surface area contributed by atoms with Crippen molar-refractivity contribution >= 4 is 15.7 Å². The number of ether oxygens (including phenoxy) is 2. The molecule has 1 saturated carbocycles. The Bertz CT molecular complexity index is 1460. The minimum absolute atomic E-state index is 0.334. The Labute approximate surface area is 227 Å². The van der Waals surface area contributed by atoms with Crippen molar-refractivity contribution in [3.8, 4) is 17.1 Å². The lowest BCUT2D eigenvalue weighted by atomic mass is 9.93. The first-order valence-electron chi connectivity index (χ1n) is 13.2. The zero-order valence-corrected chi connectivity index (χ0v) is 22.7. The van der Waals surface area contributed by atoms with Gasteiger partial charge in [0.25, 0.3) is 0 Å². The molecule has 0 bridgehead atoms. The van der Waals surface area contributed by atoms with Crippen LogP contribution in [0.3, 0.4) is 0 Å². The third kappa shape index (κ3) is 5.41. The average molecular weight is 556 g/mol. The molecule has 1 aliphatic carbocycles. The molecular formula is C26H33N7O5S. The molecule has 13 heteroatoms. The molecule has 2 aliphatic heterocycles. The van der Waals surface area contributed by atoms with Crippen molar-refractivity contribution in [2.75, 3.05) is 44.4 Å². The molecule has 3 aliphatic rings. The van der Waals surface area contributed by atoms with E-state index < -0.39 is 21.9 Å². The number of anilines is 1. The van der Waals surface area contributed by atoms with Crippen molar-refractivity contribution in [1.29, 1.82) is 0 Å². The predicted molar refractivity (Wildman–Crippen MR) is 143 cm³/mol. The Morgan fingerprint density at radius 2 is 1.90 bits per heavy atom. The van der Waals surface area contributed by atoms with E-state index in [0.717, 1.165) is 43.0 Å². The Balaban J connectivity index is 1.36. The quantitative estimate of drug-likeness (QED) is 0.440. The number of aliphatic hydroxyl groups excluding tert-OH is 1. The number of aliphatic hydroxyl groups is 1. The number of nitrogens with zero attached hydrogens (tertiary/aromatic N) is 6. The first kappa shape index (κ1) is 26.3. The van der Waals surface area contributed by atoms with Crippen LogP contribution in [-0.4, -0.2) is 78.0 Å². The molecular weight excluding hydrogens is 522 g/mol. The third-order valence-electron chi connectivity index (χ3n) is 8.03. The molecule has 39 heavy (non-hydrogen) atoms. The van der Waals surface area contributed by atoms with E-state index in [9.17, 15) is 13.5 Å². The summed E-state index contributed by atoms with van der Waals surface area (Å²) in [5, 5.41) is 22.9. The summed E-state index contributed by atoms with van der Waals surface area (Å²) < 4.78 is 37.3. The summed E-state index contributed by atoms with van der Waals surface area (Å²) in [6.07, 6.45) is 6.20. The van der Waals surface area contributed by atoms with E-state index in [1.165, 1.54) is 12.8 Å². The highest BCUT2D eigenvalue weighted by molar-refractivity contribution is 7.89. The first-order chi connectivity index (χ1) is 18.7. The number of piperidine rings is 1. The van der Waals surface area contributed by atoms with Gasteiger partial charge in [-0.15, -0.1) is 5.10 Å². The highest BCUT2D eigenvalue weighted by atomic mass is 32.2. The van der Waals surface area contributed by atoms with Crippen LogP contribution >= 0.6 is 0 Å². The minimum Gasteiger partial charge on any atom is -0.395 e. The van der Waals surface area contributed by atoms with Crippen LogP contribution < -0.4 is 10.0 Å². The number of aryl methyl sites for hydroxylation is 1. The highest BCUT2D eigenvalue weighted by Crippen LogP contribution is 2.54. The van der Waals surface area contributed by atoms with Crippen LogP contribution in [0, 0.1) is 12.3 Å². The fraction of sp³-hybridized carbons (Fsp3) is 0.538. The van der Waals surface area contributed by atoms with Gasteiger partial charge in [0, 0.05) is 18.8 Å². The predicted octanol–water partition coefficient (Wildman–Crippen LogP) is 1.82. The molecule has 1 spiro atoms. The topological polar surface area (TPSA) is 159 Å². The van der Waals surface area contributed by atoms with Crippen LogP contribution in [0.15, 0.2) is 30.5 Å². The molecule has 3 fully saturated rings. The van der Waals surface area contributed by atoms with Crippen LogP contribution in [0.25, 0.3) is 17.1 Å². The van der Waals surface area contributed by atoms with Gasteiger partial charge in [-0.3, -0.25) is 0 Å². The Kier molecular flexibility index (Phi) is 6.88. The minimum atomic E-state index is -3.99. The van der Waals surface area contributed by atoms with E-state index in [2.05, 4.69) is 20.2 Å². The Hall–Kier alpha value is -2.97. The standard InChI is InChI=1S/C26H33N7O5S/c1-17-12-19(29-25(28-17)23-16-37-10-11-38-23)20-14-33(31-30-20)21-3-2-18(24(15-34)39(27,35)36)13-22(21)32-8-6-26(4-5-26)7-9-32/h2-3,12-14,23-24,34H,4-11,15-16H2,1H3,(H2,27,35,36). The fourth-order valence-corrected chi connectivity index (χ4v) is 6.22. The molecule has 3 aromatic rings. The van der Waals surface area contributed by atoms with Crippen molar-refractivity contribution in [3.63, 3.8) is 0 Å². The molecule has 2 aromatic heterocycles. The Morgan fingerprint density at radius 3 is 2.56 bits per heavy atom. The monoisotopic (exact) mass is 555 g/mol. The summed E-state index contributed by atoms with van der Waals surface area (Å²) in [6, 6.07) is 7.14. The third-order valence-corrected chi connectivity index (χ3v) is 9.25. The second-order valence-corrected chi connectivity index (χ2v) is 12.5. The molecule has 2 unspecified atom stereocenters. The van der Waals surface area contributed by atoms with Gasteiger partial charge >= 0.3 is 0 Å². The molecule has 4 heterocycles. The lowest BCUT2D eigenvalue weighted by Crippen LogP contribution is -2.35. The van der Waals surface area contributed by atoms with E-state index in [-0.39, 0.29) is 6.10 Å². The molecule has 12 nitrogen and oxygen atoms in total. The molecule has 208 valence electrons. The lowest BCUT2D eigenvalue weighted by Gasteiger charge is -2.35. The number of sulfonamides is 1. The number of nitrogens with two attached hydrogens (primary N) is 1. The highest BCUT2D eigenvalue weighted by Gasteiger charge is 2.44. The molecule has 1 aromatic carbocycles. The van der Waals surface area contributed by atoms with Gasteiger partial charge in [0.1, 0.15) is 17.0 Å². The molecule has 0 amide bonds. The van der Waals surface area contributed by atoms with Crippen molar-refractivity contribution in [2.45, 2.75) is 44.0 Å². The van der Waals surface area contributed by atoms with Crippen molar-refractivity contribution < 1.29 is 23.0 Å². The second kappa shape index (κ2) is 10.2. The summed E-state index contributed by atoms with van der Waals surface area (Å²) >= 11 is 0. The van der Waals surface area contributed by atoms with E-state index in [1.807, 2.05) is 19.1 Å². The summed E-state index contributed by atoms with van der Waals surface area (Å²) in [6.45, 7) is 4.45. The Morgan fingerprint density at radius 1 is 1.10 bits per heavy atom. The fourth-order valence-electron chi connectivity index (χ4n) is 5.49. The van der Waals surface area contributed by atoms with Gasteiger partial charge in [-0.2, -0.15) is 0 Å². The van der Waals surface area contributed by atoms with Crippen molar-refractivity contribution in [3.05, 3.63) is 47.5 Å². The van der Waals surface area contributed by atoms with Crippen LogP contribution in [-0.2, 0) is 19.5 Å². The zero-order chi connectivity index (χ0) is 27.2. The largest absolute Gasteiger partial charge is 0.395 e. The van der Waals surface area contributed by atoms with Crippen molar-refractivity contribution in [2.24, 2.45) is 10.6 Å². The summed E-state index contributed by atoms with van der Waals surface area (Å²) in [4.78, 5) is 11.5. The number of primary sulfonamides is 1. The maximum absolute atomic E-state index is 12.2. The number of rotatable bonds is 7. The average Bonchev–Trinajstić information content (AvgIpc) is 3.49. The molecule has 2 saturated heterocycles. The SMILES string of the molecule is Cc1cc(-c2cn(-c3ccc(C(CO)S(N)(=O)=O)cc3N3CCC4(CC3)CC4)nn2)nc(C2COCCO2)n1. The number of aromatic nitrogens is 5. The smallest absolute Gasteiger partial charge is 0.218 e. The van der Waals surface area contributed by atoms with Gasteiger partial charge in [0.05, 0.1) is 49.7 Å². The van der Waals surface area contributed by atoms with Gasteiger partial charge in [0.15, 0.2) is 5.82 Å². The summed E-state index contributed by atoms with van der Waals surface area (Å²) in [5.41, 5.74) is 4.47. The van der Waals surface area contributed by atoms with E-state index >= 15 is 0 Å². The molecule has 6 rings (SSSR count). The lowest BCUT2D eigenvalue weighted by molar-refractivity contribution is -0.0935. The van der Waals surface area contributed by atoms with Crippen LogP contribution in [0.1, 0.15) is 54.1 Å². The van der Waals surface area contributed by atoms with Crippen LogP contribution in [0.5, 0.6) is 0 Å². The normalized spacial score (nSPS) is 21.7. The number of benzene rings is 1. The van der Waals surface area contributed by atoms with Crippen LogP contribution in [0.4, 0.5) is 5.69 Å².